The van der Waals surface area contributed by atoms with Gasteiger partial charge in [0.15, 0.2) is 5.78 Å². The molecule has 2 aromatic rings. The lowest BCUT2D eigenvalue weighted by Gasteiger charge is -2.08. The Morgan fingerprint density at radius 2 is 1.97 bits per heavy atom. The fourth-order valence-corrected chi connectivity index (χ4v) is 3.19. The molecule has 31 heavy (non-hydrogen) atoms. The maximum atomic E-state index is 12.0. The number of nitrogens with one attached hydrogen (secondary N) is 2. The van der Waals surface area contributed by atoms with Gasteiger partial charge in [0.2, 0.25) is 5.91 Å². The number of anilines is 1. The molecule has 0 aliphatic carbocycles. The lowest BCUT2D eigenvalue weighted by Crippen LogP contribution is -2.07. The summed E-state index contributed by atoms with van der Waals surface area (Å²) in [6, 6.07) is 9.20. The van der Waals surface area contributed by atoms with Gasteiger partial charge in [-0.25, -0.2) is 0 Å². The summed E-state index contributed by atoms with van der Waals surface area (Å²) in [7, 11) is 0. The van der Waals surface area contributed by atoms with Gasteiger partial charge in [0.25, 0.3) is 0 Å². The topological polar surface area (TPSA) is 79.0 Å². The van der Waals surface area contributed by atoms with E-state index >= 15 is 0 Å². The molecule has 5 heteroatoms. The smallest absolute Gasteiger partial charge is 0.248 e. The number of aldehydes is 1. The van der Waals surface area contributed by atoms with E-state index < -0.39 is 0 Å². The molecule has 0 saturated heterocycles. The van der Waals surface area contributed by atoms with Gasteiger partial charge in [-0.2, -0.15) is 0 Å². The second kappa shape index (κ2) is 11.5. The van der Waals surface area contributed by atoms with E-state index in [-0.39, 0.29) is 11.7 Å². The van der Waals surface area contributed by atoms with Gasteiger partial charge in [0, 0.05) is 28.7 Å². The first-order valence-electron chi connectivity index (χ1n) is 10.2. The minimum atomic E-state index is -0.383. The second-order valence-corrected chi connectivity index (χ2v) is 7.07. The molecule has 1 amide bonds. The Kier molecular flexibility index (Phi) is 8.70. The predicted octanol–water partition coefficient (Wildman–Crippen LogP) is 5.54. The van der Waals surface area contributed by atoms with Gasteiger partial charge in [-0.05, 0) is 67.3 Å². The summed E-state index contributed by atoms with van der Waals surface area (Å²) in [6.45, 7) is 9.77. The molecule has 0 fully saturated rings. The largest absolute Gasteiger partial charge is 0.358 e. The number of H-pyrrole nitrogens is 1. The number of ketones is 1. The van der Waals surface area contributed by atoms with E-state index in [9.17, 15) is 14.4 Å². The molecular weight excluding hydrogens is 388 g/mol. The lowest BCUT2D eigenvalue weighted by atomic mass is 10.0. The van der Waals surface area contributed by atoms with Crippen molar-refractivity contribution in [2.75, 3.05) is 5.32 Å². The van der Waals surface area contributed by atoms with Crippen LogP contribution >= 0.6 is 0 Å². The molecule has 0 unspecified atom stereocenters. The van der Waals surface area contributed by atoms with Gasteiger partial charge in [0.05, 0.1) is 0 Å². The summed E-state index contributed by atoms with van der Waals surface area (Å²) >= 11 is 0. The lowest BCUT2D eigenvalue weighted by molar-refractivity contribution is -0.112. The predicted molar refractivity (Wildman–Crippen MR) is 127 cm³/mol. The van der Waals surface area contributed by atoms with Crippen LogP contribution in [0, 0.1) is 0 Å². The number of Topliss-reactive ketones (excluding diaryl/α,β-unsaturated/α-hetero) is 1. The number of aromatic nitrogens is 1. The molecular formula is C26H28N2O3. The number of amides is 1. The van der Waals surface area contributed by atoms with Crippen LogP contribution in [-0.4, -0.2) is 23.0 Å². The SMILES string of the molecule is C=C(/C=C(\C=C/C)c1cc(C(C)=O)c(CCC)[nH]1)c1cccc(NC(=O)/C=C/C=O)c1. The number of carbonyl (C=O) groups excluding carboxylic acids is 3. The summed E-state index contributed by atoms with van der Waals surface area (Å²) < 4.78 is 0. The van der Waals surface area contributed by atoms with Gasteiger partial charge in [-0.15, -0.1) is 0 Å². The highest BCUT2D eigenvalue weighted by atomic mass is 16.1. The van der Waals surface area contributed by atoms with Crippen molar-refractivity contribution in [2.45, 2.75) is 33.6 Å². The Bertz CT molecular complexity index is 1070. The van der Waals surface area contributed by atoms with E-state index in [1.807, 2.05) is 49.4 Å². The Labute approximate surface area is 183 Å². The van der Waals surface area contributed by atoms with Crippen molar-refractivity contribution in [1.82, 2.24) is 4.98 Å². The van der Waals surface area contributed by atoms with Gasteiger partial charge in [-0.3, -0.25) is 14.4 Å². The molecule has 5 nitrogen and oxygen atoms in total. The monoisotopic (exact) mass is 416 g/mol. The highest BCUT2D eigenvalue weighted by Gasteiger charge is 2.13. The standard InChI is InChI=1S/C26H28N2O3/c1-5-9-21(25-17-23(19(4)30)24(28-25)10-6-2)15-18(3)20-11-7-12-22(16-20)27-26(31)13-8-14-29/h5,7-9,11-17,28H,3,6,10H2,1-2,4H3,(H,27,31)/b9-5-,13-8+,21-15+. The number of carbonyl (C=O) groups is 3. The number of benzene rings is 1. The molecule has 1 aromatic heterocycles. The van der Waals surface area contributed by atoms with E-state index in [0.717, 1.165) is 47.0 Å². The second-order valence-electron chi connectivity index (χ2n) is 7.07. The van der Waals surface area contributed by atoms with Gasteiger partial charge in [0.1, 0.15) is 6.29 Å². The maximum absolute atomic E-state index is 12.0. The number of hydrogen-bond donors (Lipinski definition) is 2. The van der Waals surface area contributed by atoms with E-state index in [1.54, 1.807) is 13.0 Å². The van der Waals surface area contributed by atoms with Crippen molar-refractivity contribution >= 4 is 34.8 Å². The van der Waals surface area contributed by atoms with Crippen LogP contribution in [0.5, 0.6) is 0 Å². The highest BCUT2D eigenvalue weighted by Crippen LogP contribution is 2.26. The molecule has 1 heterocycles. The molecule has 1 aromatic carbocycles. The summed E-state index contributed by atoms with van der Waals surface area (Å²) in [5.74, 6) is -0.344. The van der Waals surface area contributed by atoms with Crippen molar-refractivity contribution in [1.29, 1.82) is 0 Å². The molecule has 0 spiro atoms. The van der Waals surface area contributed by atoms with E-state index in [2.05, 4.69) is 23.8 Å². The quantitative estimate of drug-likeness (QED) is 0.231. The molecule has 0 atom stereocenters. The number of allylic oxidation sites excluding steroid dienone is 6. The van der Waals surface area contributed by atoms with Crippen LogP contribution in [0.1, 0.15) is 54.5 Å². The van der Waals surface area contributed by atoms with Crippen LogP contribution in [0.15, 0.2) is 67.3 Å². The van der Waals surface area contributed by atoms with Crippen LogP contribution < -0.4 is 5.32 Å². The summed E-state index contributed by atoms with van der Waals surface area (Å²) in [4.78, 5) is 37.6. The number of rotatable bonds is 10. The maximum Gasteiger partial charge on any atom is 0.248 e. The number of hydrogen-bond acceptors (Lipinski definition) is 3. The average molecular weight is 417 g/mol. The molecule has 0 aliphatic rings. The van der Waals surface area contributed by atoms with Crippen LogP contribution in [-0.2, 0) is 16.0 Å². The first-order chi connectivity index (χ1) is 14.9. The molecule has 2 N–H and O–H groups in total. The van der Waals surface area contributed by atoms with Crippen LogP contribution in [0.2, 0.25) is 0 Å². The first kappa shape index (κ1) is 23.5. The molecule has 0 radical (unpaired) electrons. The zero-order valence-corrected chi connectivity index (χ0v) is 18.2. The van der Waals surface area contributed by atoms with Crippen LogP contribution in [0.25, 0.3) is 11.1 Å². The molecule has 0 aliphatic heterocycles. The minimum Gasteiger partial charge on any atom is -0.358 e. The molecule has 2 rings (SSSR count). The molecule has 0 bridgehead atoms. The van der Waals surface area contributed by atoms with Gasteiger partial charge < -0.3 is 10.3 Å². The zero-order chi connectivity index (χ0) is 22.8. The van der Waals surface area contributed by atoms with Gasteiger partial charge >= 0.3 is 0 Å². The first-order valence-corrected chi connectivity index (χ1v) is 10.2. The summed E-state index contributed by atoms with van der Waals surface area (Å²) in [5.41, 5.74) is 5.61. The minimum absolute atomic E-state index is 0.0386. The zero-order valence-electron chi connectivity index (χ0n) is 18.2. The third-order valence-electron chi connectivity index (χ3n) is 4.59. The third kappa shape index (κ3) is 6.64. The Hall–Kier alpha value is -3.73. The third-order valence-corrected chi connectivity index (χ3v) is 4.59. The van der Waals surface area contributed by atoms with Crippen molar-refractivity contribution in [2.24, 2.45) is 0 Å². The van der Waals surface area contributed by atoms with E-state index in [4.69, 9.17) is 0 Å². The van der Waals surface area contributed by atoms with Crippen LogP contribution in [0.3, 0.4) is 0 Å². The highest BCUT2D eigenvalue weighted by molar-refractivity contribution is 6.01. The Morgan fingerprint density at radius 3 is 2.61 bits per heavy atom. The summed E-state index contributed by atoms with van der Waals surface area (Å²) in [5, 5.41) is 2.72. The van der Waals surface area contributed by atoms with Crippen molar-refractivity contribution in [3.63, 3.8) is 0 Å². The molecule has 160 valence electrons. The number of aromatic amines is 1. The Balaban J connectivity index is 2.36. The van der Waals surface area contributed by atoms with Crippen molar-refractivity contribution in [3.05, 3.63) is 89.8 Å². The van der Waals surface area contributed by atoms with Crippen molar-refractivity contribution in [3.8, 4) is 0 Å². The normalized spacial score (nSPS) is 11.8. The average Bonchev–Trinajstić information content (AvgIpc) is 3.16. The summed E-state index contributed by atoms with van der Waals surface area (Å²) in [6.07, 6.45) is 10.5. The van der Waals surface area contributed by atoms with E-state index in [1.165, 1.54) is 6.08 Å². The van der Waals surface area contributed by atoms with Crippen LogP contribution in [0.4, 0.5) is 5.69 Å². The Morgan fingerprint density at radius 1 is 1.19 bits per heavy atom. The fraction of sp³-hybridized carbons (Fsp3) is 0.192. The van der Waals surface area contributed by atoms with Gasteiger partial charge in [-0.1, -0.05) is 44.2 Å². The van der Waals surface area contributed by atoms with E-state index in [0.29, 0.717) is 17.5 Å². The van der Waals surface area contributed by atoms with Crippen molar-refractivity contribution < 1.29 is 14.4 Å². The number of aryl methyl sites for hydroxylation is 1. The molecule has 0 saturated carbocycles. The fourth-order valence-electron chi connectivity index (χ4n) is 3.19.